The van der Waals surface area contributed by atoms with Gasteiger partial charge in [-0.1, -0.05) is 42.2 Å². The van der Waals surface area contributed by atoms with Crippen LogP contribution in [0.1, 0.15) is 29.0 Å². The van der Waals surface area contributed by atoms with Crippen molar-refractivity contribution in [1.29, 1.82) is 0 Å². The molecular weight excluding hydrogens is 500 g/mol. The van der Waals surface area contributed by atoms with Crippen LogP contribution in [0.2, 0.25) is 0 Å². The number of anilines is 1. The second-order valence-corrected chi connectivity index (χ2v) is 10.8. The minimum atomic E-state index is -0.109. The van der Waals surface area contributed by atoms with Crippen molar-refractivity contribution in [2.75, 3.05) is 52.8 Å². The average Bonchev–Trinajstić information content (AvgIpc) is 2.96. The Hall–Kier alpha value is -3.83. The lowest BCUT2D eigenvalue weighted by atomic mass is 9.74. The Morgan fingerprint density at radius 2 is 1.65 bits per heavy atom. The molecule has 7 nitrogen and oxygen atoms in total. The molecular formula is C33H38N4O3. The van der Waals surface area contributed by atoms with Crippen LogP contribution in [0.25, 0.3) is 0 Å². The Kier molecular flexibility index (Phi) is 8.71. The first-order valence-corrected chi connectivity index (χ1v) is 13.9. The number of ether oxygens (including phenoxy) is 1. The smallest absolute Gasteiger partial charge is 0.321 e. The van der Waals surface area contributed by atoms with Gasteiger partial charge in [-0.05, 0) is 74.6 Å². The maximum Gasteiger partial charge on any atom is 0.321 e. The van der Waals surface area contributed by atoms with Gasteiger partial charge in [0.05, 0.1) is 13.7 Å². The molecule has 2 amide bonds. The van der Waals surface area contributed by atoms with Gasteiger partial charge in [0, 0.05) is 60.5 Å². The van der Waals surface area contributed by atoms with Crippen molar-refractivity contribution in [1.82, 2.24) is 14.7 Å². The highest BCUT2D eigenvalue weighted by atomic mass is 16.5. The number of nitrogens with one attached hydrogen (secondary N) is 1. The molecule has 0 aliphatic carbocycles. The van der Waals surface area contributed by atoms with E-state index >= 15 is 0 Å². The highest BCUT2D eigenvalue weighted by Gasteiger charge is 2.50. The lowest BCUT2D eigenvalue weighted by molar-refractivity contribution is -0.0723. The summed E-state index contributed by atoms with van der Waals surface area (Å²) in [5.41, 5.74) is 3.84. The molecule has 3 aromatic carbocycles. The minimum absolute atomic E-state index is 0.0123. The maximum absolute atomic E-state index is 13.5. The molecule has 2 aliphatic heterocycles. The summed E-state index contributed by atoms with van der Waals surface area (Å²) in [6, 6.07) is 26.0. The largest absolute Gasteiger partial charge is 0.497 e. The molecule has 4 atom stereocenters. The molecule has 2 fully saturated rings. The summed E-state index contributed by atoms with van der Waals surface area (Å²) < 4.78 is 5.24. The summed E-state index contributed by atoms with van der Waals surface area (Å²) in [6.07, 6.45) is 0.865. The van der Waals surface area contributed by atoms with E-state index in [0.29, 0.717) is 13.1 Å². The third-order valence-corrected chi connectivity index (χ3v) is 8.21. The van der Waals surface area contributed by atoms with Crippen molar-refractivity contribution in [3.05, 3.63) is 95.6 Å². The van der Waals surface area contributed by atoms with Crippen molar-refractivity contribution in [2.24, 2.45) is 0 Å². The monoisotopic (exact) mass is 538 g/mol. The Morgan fingerprint density at radius 1 is 0.975 bits per heavy atom. The summed E-state index contributed by atoms with van der Waals surface area (Å²) in [4.78, 5) is 20.0. The van der Waals surface area contributed by atoms with Crippen LogP contribution < -0.4 is 10.1 Å². The van der Waals surface area contributed by atoms with Gasteiger partial charge in [-0.2, -0.15) is 0 Å². The summed E-state index contributed by atoms with van der Waals surface area (Å²) in [5, 5.41) is 13.5. The van der Waals surface area contributed by atoms with E-state index in [1.807, 2.05) is 59.5 Å². The van der Waals surface area contributed by atoms with E-state index in [9.17, 15) is 9.90 Å². The van der Waals surface area contributed by atoms with Gasteiger partial charge >= 0.3 is 6.03 Å². The van der Waals surface area contributed by atoms with Crippen LogP contribution in [0, 0.1) is 11.8 Å². The van der Waals surface area contributed by atoms with Crippen LogP contribution in [0.15, 0.2) is 78.9 Å². The van der Waals surface area contributed by atoms with Gasteiger partial charge in [-0.15, -0.1) is 0 Å². The highest BCUT2D eigenvalue weighted by molar-refractivity contribution is 5.89. The quantitative estimate of drug-likeness (QED) is 0.479. The number of nitrogens with zero attached hydrogens (tertiary/aromatic N) is 3. The van der Waals surface area contributed by atoms with Crippen molar-refractivity contribution >= 4 is 11.7 Å². The van der Waals surface area contributed by atoms with Crippen LogP contribution in [0.5, 0.6) is 5.75 Å². The fourth-order valence-corrected chi connectivity index (χ4v) is 5.86. The zero-order chi connectivity index (χ0) is 28.1. The third kappa shape index (κ3) is 6.15. The number of rotatable bonds is 5. The first-order chi connectivity index (χ1) is 19.5. The summed E-state index contributed by atoms with van der Waals surface area (Å²) >= 11 is 0. The van der Waals surface area contributed by atoms with Gasteiger partial charge in [-0.25, -0.2) is 4.79 Å². The fourth-order valence-electron chi connectivity index (χ4n) is 5.86. The van der Waals surface area contributed by atoms with Gasteiger partial charge in [-0.3, -0.25) is 4.90 Å². The molecule has 208 valence electrons. The normalized spacial score (nSPS) is 22.7. The second-order valence-electron chi connectivity index (χ2n) is 10.8. The molecule has 5 rings (SSSR count). The fraction of sp³-hybridized carbons (Fsp3) is 0.364. The first-order valence-electron chi connectivity index (χ1n) is 13.9. The second kappa shape index (κ2) is 12.6. The number of hydrogen-bond donors (Lipinski definition) is 2. The molecule has 0 radical (unpaired) electrons. The molecule has 0 saturated carbocycles. The van der Waals surface area contributed by atoms with E-state index in [4.69, 9.17) is 4.74 Å². The van der Waals surface area contributed by atoms with Gasteiger partial charge in [0.15, 0.2) is 0 Å². The molecule has 2 saturated heterocycles. The first kappa shape index (κ1) is 27.7. The predicted molar refractivity (Wildman–Crippen MR) is 159 cm³/mol. The van der Waals surface area contributed by atoms with Crippen molar-refractivity contribution in [3.8, 4) is 17.6 Å². The summed E-state index contributed by atoms with van der Waals surface area (Å²) in [7, 11) is 5.80. The van der Waals surface area contributed by atoms with E-state index in [0.717, 1.165) is 35.5 Å². The van der Waals surface area contributed by atoms with E-state index < -0.39 is 0 Å². The van der Waals surface area contributed by atoms with Crippen molar-refractivity contribution < 1.29 is 14.6 Å². The molecule has 40 heavy (non-hydrogen) atoms. The van der Waals surface area contributed by atoms with E-state index in [-0.39, 0.29) is 36.7 Å². The van der Waals surface area contributed by atoms with Crippen LogP contribution in [0.3, 0.4) is 0 Å². The number of aliphatic hydroxyl groups excluding tert-OH is 1. The lowest BCUT2D eigenvalue weighted by Crippen LogP contribution is -2.70. The Morgan fingerprint density at radius 3 is 2.27 bits per heavy atom. The number of urea groups is 1. The molecule has 2 N–H and O–H groups in total. The van der Waals surface area contributed by atoms with Crippen LogP contribution in [0.4, 0.5) is 10.5 Å². The molecule has 2 heterocycles. The van der Waals surface area contributed by atoms with Crippen molar-refractivity contribution in [2.45, 2.75) is 30.5 Å². The molecule has 0 bridgehead atoms. The van der Waals surface area contributed by atoms with E-state index in [2.05, 4.69) is 65.3 Å². The predicted octanol–water partition coefficient (Wildman–Crippen LogP) is 4.09. The standard InChI is InChI=1S/C33H38N4O3/c1-35(2)28-19-20-36(33(39)34-27-15-17-29(40-3)18-16-27)22-30-32(31(23-38)37(30)21-28)26-13-11-25(12-14-26)10-9-24-7-5-4-6-8-24/h4-8,11-18,28,30-32,38H,19-23H2,1-3H3,(H,34,39)/t28?,30-,31+,32+/m0/s1. The summed E-state index contributed by atoms with van der Waals surface area (Å²) in [5.74, 6) is 7.34. The molecule has 1 unspecified atom stereocenters. The Balaban J connectivity index is 1.36. The van der Waals surface area contributed by atoms with Gasteiger partial charge in [0.25, 0.3) is 0 Å². The topological polar surface area (TPSA) is 68.3 Å². The molecule has 0 spiro atoms. The lowest BCUT2D eigenvalue weighted by Gasteiger charge is -2.58. The van der Waals surface area contributed by atoms with Gasteiger partial charge < -0.3 is 25.0 Å². The number of aliphatic hydroxyl groups is 1. The minimum Gasteiger partial charge on any atom is -0.497 e. The van der Waals surface area contributed by atoms with Crippen molar-refractivity contribution in [3.63, 3.8) is 0 Å². The van der Waals surface area contributed by atoms with Crippen LogP contribution in [-0.2, 0) is 0 Å². The highest BCUT2D eigenvalue weighted by Crippen LogP contribution is 2.42. The number of benzene rings is 3. The zero-order valence-corrected chi connectivity index (χ0v) is 23.5. The Labute approximate surface area is 237 Å². The van der Waals surface area contributed by atoms with Gasteiger partial charge in [0.2, 0.25) is 0 Å². The molecule has 0 aromatic heterocycles. The number of likely N-dealkylation sites (N-methyl/N-ethyl adjacent to an activating group) is 1. The number of amides is 2. The molecule has 2 aliphatic rings. The number of carbonyl (C=O) groups excluding carboxylic acids is 1. The van der Waals surface area contributed by atoms with E-state index in [1.54, 1.807) is 7.11 Å². The number of hydrogen-bond acceptors (Lipinski definition) is 5. The summed E-state index contributed by atoms with van der Waals surface area (Å²) in [6.45, 7) is 2.21. The maximum atomic E-state index is 13.5. The zero-order valence-electron chi connectivity index (χ0n) is 23.5. The molecule has 3 aromatic rings. The third-order valence-electron chi connectivity index (χ3n) is 8.21. The van der Waals surface area contributed by atoms with Crippen LogP contribution in [-0.4, -0.2) is 91.4 Å². The number of methoxy groups -OCH3 is 1. The number of fused-ring (bicyclic) bond motifs is 1. The van der Waals surface area contributed by atoms with Crippen LogP contribution >= 0.6 is 0 Å². The SMILES string of the molecule is COc1ccc(NC(=O)N2CCC(N(C)C)CN3[C@H](CO)[C@H](c4ccc(C#Cc5ccccc5)cc4)[C@@H]3C2)cc1. The number of carbonyl (C=O) groups is 1. The average molecular weight is 539 g/mol. The molecule has 7 heteroatoms. The Bertz CT molecular complexity index is 1330. The van der Waals surface area contributed by atoms with E-state index in [1.165, 1.54) is 5.56 Å². The van der Waals surface area contributed by atoms with Gasteiger partial charge in [0.1, 0.15) is 5.75 Å².